The molecular formula is C11H15NO2. The van der Waals surface area contributed by atoms with Gasteiger partial charge in [0.1, 0.15) is 11.5 Å². The molecule has 0 saturated carbocycles. The Morgan fingerprint density at radius 1 is 1.57 bits per heavy atom. The molecule has 1 aliphatic rings. The van der Waals surface area contributed by atoms with Crippen molar-refractivity contribution in [1.29, 1.82) is 0 Å². The molecule has 1 aliphatic heterocycles. The van der Waals surface area contributed by atoms with Crippen LogP contribution in [0.5, 0.6) is 11.5 Å². The van der Waals surface area contributed by atoms with Crippen LogP contribution in [-0.4, -0.2) is 13.7 Å². The third-order valence-electron chi connectivity index (χ3n) is 2.66. The van der Waals surface area contributed by atoms with Crippen molar-refractivity contribution in [1.82, 2.24) is 0 Å². The fourth-order valence-electron chi connectivity index (χ4n) is 2.04. The molecule has 0 spiro atoms. The van der Waals surface area contributed by atoms with Gasteiger partial charge in [0.2, 0.25) is 0 Å². The lowest BCUT2D eigenvalue weighted by atomic mass is 10.0. The first kappa shape index (κ1) is 9.34. The second-order valence-corrected chi connectivity index (χ2v) is 3.48. The molecule has 3 nitrogen and oxygen atoms in total. The lowest BCUT2D eigenvalue weighted by molar-refractivity contribution is 0.356. The van der Waals surface area contributed by atoms with Crippen LogP contribution in [0.1, 0.15) is 16.7 Å². The second kappa shape index (κ2) is 3.50. The van der Waals surface area contributed by atoms with Crippen molar-refractivity contribution < 1.29 is 9.47 Å². The maximum Gasteiger partial charge on any atom is 0.126 e. The van der Waals surface area contributed by atoms with Gasteiger partial charge < -0.3 is 15.2 Å². The molecule has 3 heteroatoms. The van der Waals surface area contributed by atoms with Crippen LogP contribution < -0.4 is 15.2 Å². The average molecular weight is 193 g/mol. The summed E-state index contributed by atoms with van der Waals surface area (Å²) in [6.45, 7) is 3.28. The van der Waals surface area contributed by atoms with Gasteiger partial charge in [0.25, 0.3) is 0 Å². The van der Waals surface area contributed by atoms with Gasteiger partial charge >= 0.3 is 0 Å². The molecule has 0 aliphatic carbocycles. The van der Waals surface area contributed by atoms with E-state index in [2.05, 4.69) is 0 Å². The molecule has 0 bridgehead atoms. The molecule has 76 valence electrons. The highest BCUT2D eigenvalue weighted by molar-refractivity contribution is 5.54. The first-order chi connectivity index (χ1) is 6.77. The highest BCUT2D eigenvalue weighted by atomic mass is 16.5. The van der Waals surface area contributed by atoms with Crippen LogP contribution in [0.15, 0.2) is 6.07 Å². The lowest BCUT2D eigenvalue weighted by Gasteiger charge is -2.13. The summed E-state index contributed by atoms with van der Waals surface area (Å²) in [5.41, 5.74) is 9.14. The Kier molecular flexibility index (Phi) is 2.33. The smallest absolute Gasteiger partial charge is 0.126 e. The van der Waals surface area contributed by atoms with Crippen LogP contribution in [0, 0.1) is 6.92 Å². The number of hydrogen-bond acceptors (Lipinski definition) is 3. The standard InChI is InChI=1S/C11H15NO2/c1-7-5-10-8(3-4-14-10)9(6-12)11(7)13-2/h5H,3-4,6,12H2,1-2H3. The SMILES string of the molecule is COc1c(C)cc2c(c1CN)CCO2. The van der Waals surface area contributed by atoms with Crippen LogP contribution in [0.25, 0.3) is 0 Å². The maximum absolute atomic E-state index is 5.73. The minimum Gasteiger partial charge on any atom is -0.496 e. The molecule has 2 rings (SSSR count). The number of nitrogens with two attached hydrogens (primary N) is 1. The number of benzene rings is 1. The van der Waals surface area contributed by atoms with Crippen molar-refractivity contribution in [2.75, 3.05) is 13.7 Å². The van der Waals surface area contributed by atoms with E-state index in [9.17, 15) is 0 Å². The van der Waals surface area contributed by atoms with Crippen LogP contribution >= 0.6 is 0 Å². The average Bonchev–Trinajstić information content (AvgIpc) is 2.62. The Balaban J connectivity index is 2.62. The zero-order chi connectivity index (χ0) is 10.1. The van der Waals surface area contributed by atoms with E-state index in [1.54, 1.807) is 7.11 Å². The van der Waals surface area contributed by atoms with Gasteiger partial charge in [-0.25, -0.2) is 0 Å². The summed E-state index contributed by atoms with van der Waals surface area (Å²) < 4.78 is 10.9. The van der Waals surface area contributed by atoms with E-state index in [4.69, 9.17) is 15.2 Å². The molecule has 0 saturated heterocycles. The van der Waals surface area contributed by atoms with Crippen molar-refractivity contribution in [3.63, 3.8) is 0 Å². The van der Waals surface area contributed by atoms with Crippen LogP contribution in [0.3, 0.4) is 0 Å². The van der Waals surface area contributed by atoms with E-state index in [0.717, 1.165) is 35.7 Å². The quantitative estimate of drug-likeness (QED) is 0.772. The molecule has 14 heavy (non-hydrogen) atoms. The van der Waals surface area contributed by atoms with Crippen molar-refractivity contribution in [3.05, 3.63) is 22.8 Å². The molecule has 0 aromatic heterocycles. The van der Waals surface area contributed by atoms with Crippen molar-refractivity contribution >= 4 is 0 Å². The number of ether oxygens (including phenoxy) is 2. The van der Waals surface area contributed by atoms with E-state index < -0.39 is 0 Å². The third kappa shape index (κ3) is 1.24. The summed E-state index contributed by atoms with van der Waals surface area (Å²) >= 11 is 0. The van der Waals surface area contributed by atoms with Gasteiger partial charge in [0.15, 0.2) is 0 Å². The van der Waals surface area contributed by atoms with Gasteiger partial charge in [0.05, 0.1) is 13.7 Å². The van der Waals surface area contributed by atoms with Gasteiger partial charge in [-0.2, -0.15) is 0 Å². The third-order valence-corrected chi connectivity index (χ3v) is 2.66. The molecule has 1 aromatic carbocycles. The monoisotopic (exact) mass is 193 g/mol. The Morgan fingerprint density at radius 3 is 3.00 bits per heavy atom. The largest absolute Gasteiger partial charge is 0.496 e. The summed E-state index contributed by atoms with van der Waals surface area (Å²) in [5, 5.41) is 0. The topological polar surface area (TPSA) is 44.5 Å². The van der Waals surface area contributed by atoms with Gasteiger partial charge in [0, 0.05) is 24.1 Å². The molecule has 2 N–H and O–H groups in total. The number of fused-ring (bicyclic) bond motifs is 1. The Bertz CT molecular complexity index is 357. The fraction of sp³-hybridized carbons (Fsp3) is 0.455. The summed E-state index contributed by atoms with van der Waals surface area (Å²) in [4.78, 5) is 0. The first-order valence-corrected chi connectivity index (χ1v) is 4.80. The molecule has 0 atom stereocenters. The molecule has 0 amide bonds. The van der Waals surface area contributed by atoms with E-state index in [0.29, 0.717) is 6.54 Å². The number of hydrogen-bond donors (Lipinski definition) is 1. The molecule has 0 fully saturated rings. The van der Waals surface area contributed by atoms with Crippen LogP contribution in [0.4, 0.5) is 0 Å². The Morgan fingerprint density at radius 2 is 2.36 bits per heavy atom. The van der Waals surface area contributed by atoms with Crippen molar-refractivity contribution in [2.24, 2.45) is 5.73 Å². The van der Waals surface area contributed by atoms with Gasteiger partial charge in [-0.05, 0) is 18.6 Å². The van der Waals surface area contributed by atoms with Gasteiger partial charge in [-0.3, -0.25) is 0 Å². The molecular weight excluding hydrogens is 178 g/mol. The second-order valence-electron chi connectivity index (χ2n) is 3.48. The zero-order valence-electron chi connectivity index (χ0n) is 8.59. The van der Waals surface area contributed by atoms with Crippen molar-refractivity contribution in [2.45, 2.75) is 19.9 Å². The fourth-order valence-corrected chi connectivity index (χ4v) is 2.04. The number of aryl methyl sites for hydroxylation is 1. The number of rotatable bonds is 2. The first-order valence-electron chi connectivity index (χ1n) is 4.80. The lowest BCUT2D eigenvalue weighted by Crippen LogP contribution is -2.04. The normalized spacial score (nSPS) is 13.6. The Hall–Kier alpha value is -1.22. The minimum absolute atomic E-state index is 0.510. The predicted octanol–water partition coefficient (Wildman–Crippen LogP) is 1.40. The summed E-state index contributed by atoms with van der Waals surface area (Å²) in [5.74, 6) is 1.89. The van der Waals surface area contributed by atoms with Gasteiger partial charge in [-0.1, -0.05) is 0 Å². The van der Waals surface area contributed by atoms with Crippen LogP contribution in [0.2, 0.25) is 0 Å². The predicted molar refractivity (Wildman–Crippen MR) is 54.8 cm³/mol. The minimum atomic E-state index is 0.510. The summed E-state index contributed by atoms with van der Waals surface area (Å²) in [6, 6.07) is 2.03. The van der Waals surface area contributed by atoms with Crippen molar-refractivity contribution in [3.8, 4) is 11.5 Å². The summed E-state index contributed by atoms with van der Waals surface area (Å²) in [7, 11) is 1.68. The molecule has 0 unspecified atom stereocenters. The highest BCUT2D eigenvalue weighted by Gasteiger charge is 2.20. The van der Waals surface area contributed by atoms with E-state index in [-0.39, 0.29) is 0 Å². The molecule has 1 heterocycles. The van der Waals surface area contributed by atoms with E-state index in [1.165, 1.54) is 5.56 Å². The van der Waals surface area contributed by atoms with E-state index in [1.807, 2.05) is 13.0 Å². The highest BCUT2D eigenvalue weighted by Crippen LogP contribution is 2.36. The molecule has 1 aromatic rings. The van der Waals surface area contributed by atoms with Gasteiger partial charge in [-0.15, -0.1) is 0 Å². The van der Waals surface area contributed by atoms with Crippen LogP contribution in [-0.2, 0) is 13.0 Å². The zero-order valence-corrected chi connectivity index (χ0v) is 8.59. The molecule has 0 radical (unpaired) electrons. The number of methoxy groups -OCH3 is 1. The van der Waals surface area contributed by atoms with E-state index >= 15 is 0 Å². The maximum atomic E-state index is 5.73. The Labute approximate surface area is 83.8 Å². The summed E-state index contributed by atoms with van der Waals surface area (Å²) in [6.07, 6.45) is 0.943.